The van der Waals surface area contributed by atoms with E-state index in [1.165, 1.54) is 53.4 Å². The van der Waals surface area contributed by atoms with Gasteiger partial charge in [0, 0.05) is 117 Å². The molecule has 0 radical (unpaired) electrons. The Balaban J connectivity index is 0.000000120. The summed E-state index contributed by atoms with van der Waals surface area (Å²) in [4.78, 5) is 104. The molecule has 4 N–H and O–H groups in total. The van der Waals surface area contributed by atoms with Gasteiger partial charge < -0.3 is 59.2 Å². The number of para-hydroxylation sites is 1. The minimum Gasteiger partial charge on any atom is -0.346 e. The monoisotopic (exact) mass is 1940 g/mol. The maximum absolute atomic E-state index is 14.0. The van der Waals surface area contributed by atoms with Crippen LogP contribution >= 0.6 is 47.0 Å². The summed E-state index contributed by atoms with van der Waals surface area (Å²) in [5.41, 5.74) is 0.512. The number of carbonyl (C=O) groups excluding carboxylic acids is 4. The summed E-state index contributed by atoms with van der Waals surface area (Å²) in [5.74, 6) is 1.61. The van der Waals surface area contributed by atoms with Crippen molar-refractivity contribution in [3.8, 4) is 0 Å². The quantitative estimate of drug-likeness (QED) is 0.0393. The van der Waals surface area contributed by atoms with E-state index in [0.29, 0.717) is 126 Å². The van der Waals surface area contributed by atoms with Crippen LogP contribution in [0.5, 0.6) is 0 Å². The molecule has 16 saturated heterocycles. The zero-order valence-electron chi connectivity index (χ0n) is 80.9. The molecule has 135 heavy (non-hydrogen) atoms. The number of nitrogens with one attached hydrogen (secondary N) is 4. The number of halogens is 2. The molecule has 32 atom stereocenters. The molecule has 25 rings (SSSR count). The Labute approximate surface area is 811 Å². The lowest BCUT2D eigenvalue weighted by molar-refractivity contribution is -0.571. The molecule has 8 bridgehead atoms. The third-order valence-corrected chi connectivity index (χ3v) is 37.5. The Bertz CT molecular complexity index is 5030. The van der Waals surface area contributed by atoms with Crippen LogP contribution in [-0.2, 0) is 96.2 Å². The van der Waals surface area contributed by atoms with E-state index in [-0.39, 0.29) is 101 Å². The van der Waals surface area contributed by atoms with Crippen molar-refractivity contribution in [2.75, 3.05) is 40.0 Å². The maximum Gasteiger partial charge on any atom is 0.224 e. The highest BCUT2D eigenvalue weighted by atomic mass is 32.2. The largest absolute Gasteiger partial charge is 0.346 e. The number of hydrogen-bond donors (Lipinski definition) is 4. The summed E-state index contributed by atoms with van der Waals surface area (Å²) in [5, 5.41) is 11.8. The first-order valence-electron chi connectivity index (χ1n) is 49.9. The summed E-state index contributed by atoms with van der Waals surface area (Å²) in [6.07, 6.45) is 23.5. The maximum atomic E-state index is 14.0. The van der Waals surface area contributed by atoms with E-state index in [0.717, 1.165) is 111 Å². The van der Waals surface area contributed by atoms with Crippen LogP contribution in [0.1, 0.15) is 237 Å². The third kappa shape index (κ3) is 19.7. The molecule has 5 aromatic carbocycles. The van der Waals surface area contributed by atoms with Gasteiger partial charge in [0.1, 0.15) is 11.6 Å². The molecule has 4 aliphatic carbocycles. The Morgan fingerprint density at radius 3 is 1.01 bits per heavy atom. The SMILES string of the molecule is CSc1cc(NC(=O)CC[C@H]2O[C@@H]3O[C@@]4(C)CC[C@H]5[C@H](C)CC[C@@H]([C@H]2C)[C@@]35OO4)ccc1F.CSc1ccc(NC(=O)CC[C@H]2O[C@@H]3O[C@@]4(C)CC[C@H]5[C@H](C)CC[C@@H]([C@H]2C)[C@@]35OO4)cc1F.CSc1ccccc1NC(=O)CC[C@H]1O[C@@H]2O[C@@]3(C)CC[C@H]4[C@H](C)CC[C@@H]([C@H]1C)[C@@]24OO3.C[C@H]1[C@@H](CCC(=O)Nc2ccc(Sc3ccccc3)cc2)O[C@@H]2O[C@@]3(C)CC[C@H]4[C@H](C)CC[C@@H]1[C@@]24OO3. The highest BCUT2D eigenvalue weighted by Gasteiger charge is 2.74. The van der Waals surface area contributed by atoms with E-state index in [2.05, 4.69) is 88.8 Å². The van der Waals surface area contributed by atoms with Gasteiger partial charge in [-0.15, -0.1) is 35.3 Å². The van der Waals surface area contributed by atoms with E-state index in [1.54, 1.807) is 47.8 Å². The molecule has 4 saturated carbocycles. The molecular weight excluding hydrogens is 1800 g/mol. The summed E-state index contributed by atoms with van der Waals surface area (Å²) >= 11 is 5.99. The standard InChI is InChI=1S/C30H37NO5S.2C25H34FNO5S.C25H35NO5S/c1-19-9-14-25-20(2)26(33-28-30(25)24(19)17-18-29(3,34-28)35-36-30)15-16-27(32)31-21-10-12-23(13-11-21)37-22-7-5-4-6-8-22;1-14-5-7-18-15(2)20(8-10-22(28)27-16-6-9-21(33-4)19(26)13-16)29-23-25(18)17(14)11-12-24(3,30-23)31-32-25;1-14-5-7-18-15(2)20(9-10-22(28)27-16-6-8-19(26)21(13-16)33-4)29-23-25(18)17(14)11-12-24(3,30-23)31-32-25;1-15-9-10-18-16(2)20(11-12-22(27)26-19-7-5-6-8-21(19)32-4)28-23-25(18)17(15)13-14-24(3,29-23)30-31-25/h4-8,10-13,19-20,24-26,28H,9,14-18H2,1-3H3,(H,31,32);6,9,13-15,17-18,20,23H,5,7-8,10-12H2,1-4H3,(H,27,28);6,8,13-15,17-18,20,23H,5,7,9-12H2,1-4H3,(H,27,28);5-8,15-18,20,23H,9-14H2,1-4H3,(H,26,27)/t19-,20-,24+,25+,26-,28-,29-,30-;2*14-,15-,17+,18+,20-,23-,24-,25-;15-,16-,17+,18+,20-,23-,24-,25-/m1111/s1. The van der Waals surface area contributed by atoms with E-state index in [9.17, 15) is 28.0 Å². The molecule has 24 nitrogen and oxygen atoms in total. The Morgan fingerprint density at radius 2 is 0.644 bits per heavy atom. The van der Waals surface area contributed by atoms with Crippen molar-refractivity contribution in [3.05, 3.63) is 127 Å². The van der Waals surface area contributed by atoms with Crippen LogP contribution in [0.3, 0.4) is 0 Å². The average molecular weight is 1940 g/mol. The fourth-order valence-corrected chi connectivity index (χ4v) is 29.0. The molecule has 4 amide bonds. The number of ether oxygens (including phenoxy) is 8. The molecule has 16 heterocycles. The van der Waals surface area contributed by atoms with Crippen LogP contribution in [0.4, 0.5) is 31.5 Å². The number of rotatable bonds is 21. The van der Waals surface area contributed by atoms with Gasteiger partial charge in [-0.3, -0.25) is 19.2 Å². The van der Waals surface area contributed by atoms with Crippen molar-refractivity contribution in [1.29, 1.82) is 0 Å². The van der Waals surface area contributed by atoms with Crippen molar-refractivity contribution in [1.82, 2.24) is 0 Å². The van der Waals surface area contributed by atoms with Crippen molar-refractivity contribution >= 4 is 93.4 Å². The molecule has 0 unspecified atom stereocenters. The van der Waals surface area contributed by atoms with Crippen LogP contribution in [0, 0.1) is 106 Å². The van der Waals surface area contributed by atoms with Gasteiger partial charge in [-0.2, -0.15) is 0 Å². The normalized spacial score (nSPS) is 41.1. The second kappa shape index (κ2) is 40.8. The predicted octanol–water partition coefficient (Wildman–Crippen LogP) is 23.2. The van der Waals surface area contributed by atoms with E-state index in [4.69, 9.17) is 77.0 Å². The summed E-state index contributed by atoms with van der Waals surface area (Å²) in [7, 11) is 0. The summed E-state index contributed by atoms with van der Waals surface area (Å²) < 4.78 is 79.7. The minimum absolute atomic E-state index is 0.00421. The van der Waals surface area contributed by atoms with E-state index in [1.807, 2.05) is 113 Å². The fraction of sp³-hybridized carbons (Fsp3) is 0.676. The highest BCUT2D eigenvalue weighted by Crippen LogP contribution is 2.67. The summed E-state index contributed by atoms with van der Waals surface area (Å²) in [6, 6.07) is 35.6. The molecular formula is C105H140F2N4O20S4. The van der Waals surface area contributed by atoms with Crippen molar-refractivity contribution in [3.63, 3.8) is 0 Å². The van der Waals surface area contributed by atoms with Crippen LogP contribution < -0.4 is 21.3 Å². The number of hydrogen-bond acceptors (Lipinski definition) is 24. The molecule has 30 heteroatoms. The lowest BCUT2D eigenvalue weighted by Gasteiger charge is -2.60. The zero-order valence-corrected chi connectivity index (χ0v) is 84.1. The van der Waals surface area contributed by atoms with Crippen LogP contribution in [0.2, 0.25) is 0 Å². The molecule has 5 aromatic rings. The van der Waals surface area contributed by atoms with Gasteiger partial charge in [0.25, 0.3) is 0 Å². The molecule has 738 valence electrons. The van der Waals surface area contributed by atoms with Gasteiger partial charge in [-0.05, 0) is 305 Å². The minimum atomic E-state index is -0.799. The summed E-state index contributed by atoms with van der Waals surface area (Å²) in [6.45, 7) is 25.9. The first-order valence-corrected chi connectivity index (χ1v) is 54.4. The zero-order chi connectivity index (χ0) is 94.9. The smallest absolute Gasteiger partial charge is 0.224 e. The molecule has 4 spiro atoms. The topological polar surface area (TPSA) is 264 Å². The van der Waals surface area contributed by atoms with E-state index < -0.39 is 70.7 Å². The Hall–Kier alpha value is -5.40. The predicted molar refractivity (Wildman–Crippen MR) is 510 cm³/mol. The third-order valence-electron chi connectivity index (χ3n) is 34.2. The first-order chi connectivity index (χ1) is 64.7. The van der Waals surface area contributed by atoms with E-state index >= 15 is 0 Å². The molecule has 20 fully saturated rings. The number of carbonyl (C=O) groups is 4. The van der Waals surface area contributed by atoms with Crippen LogP contribution in [-0.4, -0.2) is 138 Å². The fourth-order valence-electron chi connectivity index (χ4n) is 26.7. The second-order valence-corrected chi connectivity index (χ2v) is 46.2. The van der Waals surface area contributed by atoms with Gasteiger partial charge in [0.2, 0.25) is 46.8 Å². The lowest BCUT2D eigenvalue weighted by atomic mass is 9.57. The Morgan fingerprint density at radius 1 is 0.326 bits per heavy atom. The molecule has 20 aliphatic rings. The highest BCUT2D eigenvalue weighted by molar-refractivity contribution is 7.99. The second-order valence-electron chi connectivity index (χ2n) is 42.5. The van der Waals surface area contributed by atoms with Crippen molar-refractivity contribution in [2.24, 2.45) is 94.7 Å². The van der Waals surface area contributed by atoms with Crippen LogP contribution in [0.15, 0.2) is 140 Å². The van der Waals surface area contributed by atoms with Crippen molar-refractivity contribution < 1.29 is 105 Å². The number of fused-ring (bicyclic) bond motifs is 8. The Kier molecular flexibility index (Phi) is 30.1. The van der Waals surface area contributed by atoms with Gasteiger partial charge in [-0.25, -0.2) is 47.9 Å². The number of anilines is 4. The molecule has 0 aromatic heterocycles. The number of benzene rings is 5. The van der Waals surface area contributed by atoms with Crippen molar-refractivity contribution in [2.45, 2.75) is 357 Å². The first kappa shape index (κ1) is 99.7. The molecule has 16 aliphatic heterocycles. The van der Waals surface area contributed by atoms with Gasteiger partial charge in [0.05, 0.1) is 30.1 Å². The van der Waals surface area contributed by atoms with Gasteiger partial charge in [0.15, 0.2) is 47.6 Å². The number of amides is 4. The number of thioether (sulfide) groups is 3. The van der Waals surface area contributed by atoms with Crippen LogP contribution in [0.25, 0.3) is 0 Å². The lowest BCUT2D eigenvalue weighted by Crippen LogP contribution is -2.70. The van der Waals surface area contributed by atoms with Gasteiger partial charge >= 0.3 is 0 Å². The average Bonchev–Trinajstić information content (AvgIpc) is 1.65. The van der Waals surface area contributed by atoms with Gasteiger partial charge in [-0.1, -0.05) is 97.5 Å².